The average molecular weight is 395 g/mol. The quantitative estimate of drug-likeness (QED) is 0.774. The van der Waals surface area contributed by atoms with Gasteiger partial charge < -0.3 is 10.2 Å². The number of carbonyl (C=O) groups excluding carboxylic acids is 3. The number of amides is 4. The van der Waals surface area contributed by atoms with Gasteiger partial charge >= 0.3 is 6.03 Å². The van der Waals surface area contributed by atoms with Crippen LogP contribution in [0.2, 0.25) is 0 Å². The summed E-state index contributed by atoms with van der Waals surface area (Å²) in [5.41, 5.74) is -0.362. The summed E-state index contributed by atoms with van der Waals surface area (Å²) in [5.74, 6) is -0.296. The van der Waals surface area contributed by atoms with E-state index in [-0.39, 0.29) is 23.9 Å². The number of piperidine rings is 1. The van der Waals surface area contributed by atoms with Gasteiger partial charge in [0.1, 0.15) is 5.54 Å². The molecule has 3 heterocycles. The third-order valence-electron chi connectivity index (χ3n) is 4.57. The summed E-state index contributed by atoms with van der Waals surface area (Å²) in [6.45, 7) is 4.47. The lowest BCUT2D eigenvalue weighted by molar-refractivity contribution is -0.133. The number of nitrogens with one attached hydrogen (secondary N) is 1. The molecule has 2 saturated heterocycles. The smallest absolute Gasteiger partial charge is 0.325 e. The molecule has 0 aromatic carbocycles. The molecule has 2 fully saturated rings. The van der Waals surface area contributed by atoms with Crippen molar-refractivity contribution in [3.05, 3.63) is 28.5 Å². The fraction of sp³-hybridized carbons (Fsp3) is 0.500. The Hall–Kier alpha value is -1.96. The van der Waals surface area contributed by atoms with Gasteiger partial charge in [0, 0.05) is 36.0 Å². The van der Waals surface area contributed by atoms with E-state index < -0.39 is 5.54 Å². The predicted octanol–water partition coefficient (Wildman–Crippen LogP) is 1.78. The van der Waals surface area contributed by atoms with Gasteiger partial charge in [-0.25, -0.2) is 4.79 Å². The molecular weight excluding hydrogens is 376 g/mol. The second-order valence-corrected chi connectivity index (χ2v) is 7.38. The molecule has 1 aromatic heterocycles. The number of pyridine rings is 1. The second-order valence-electron chi connectivity index (χ2n) is 6.47. The average Bonchev–Trinajstić information content (AvgIpc) is 2.78. The Labute approximate surface area is 148 Å². The van der Waals surface area contributed by atoms with Gasteiger partial charge in [0.2, 0.25) is 0 Å². The highest BCUT2D eigenvalue weighted by atomic mass is 79.9. The number of likely N-dealkylation sites (tertiary alicyclic amines) is 1. The van der Waals surface area contributed by atoms with Gasteiger partial charge in [0.15, 0.2) is 0 Å². The molecule has 2 aliphatic rings. The summed E-state index contributed by atoms with van der Waals surface area (Å²) in [5, 5.41) is 2.84. The van der Waals surface area contributed by atoms with Crippen LogP contribution in [0.4, 0.5) is 4.79 Å². The number of hydrogen-bond acceptors (Lipinski definition) is 4. The fourth-order valence-electron chi connectivity index (χ4n) is 3.25. The van der Waals surface area contributed by atoms with E-state index in [0.717, 1.165) is 4.47 Å². The SMILES string of the molecule is CC(C)N1C(=O)NC2(CCN(C(=O)c3cncc(Br)c3)CC2)C1=O. The zero-order valence-corrected chi connectivity index (χ0v) is 15.2. The zero-order chi connectivity index (χ0) is 17.5. The summed E-state index contributed by atoms with van der Waals surface area (Å²) < 4.78 is 0.743. The maximum Gasteiger partial charge on any atom is 0.325 e. The fourth-order valence-corrected chi connectivity index (χ4v) is 3.62. The third-order valence-corrected chi connectivity index (χ3v) is 5.00. The lowest BCUT2D eigenvalue weighted by Crippen LogP contribution is -2.56. The molecule has 8 heteroatoms. The number of hydrogen-bond donors (Lipinski definition) is 1. The first-order valence-electron chi connectivity index (χ1n) is 7.90. The molecule has 0 bridgehead atoms. The Morgan fingerprint density at radius 1 is 1.29 bits per heavy atom. The number of imide groups is 1. The third kappa shape index (κ3) is 2.79. The number of rotatable bonds is 2. The highest BCUT2D eigenvalue weighted by Crippen LogP contribution is 2.31. The van der Waals surface area contributed by atoms with Crippen LogP contribution in [0.25, 0.3) is 0 Å². The molecule has 1 spiro atoms. The van der Waals surface area contributed by atoms with E-state index >= 15 is 0 Å². The molecule has 24 heavy (non-hydrogen) atoms. The molecule has 0 aliphatic carbocycles. The lowest BCUT2D eigenvalue weighted by Gasteiger charge is -2.37. The van der Waals surface area contributed by atoms with E-state index in [1.807, 2.05) is 13.8 Å². The number of aromatic nitrogens is 1. The molecular formula is C16H19BrN4O3. The Morgan fingerprint density at radius 2 is 1.96 bits per heavy atom. The van der Waals surface area contributed by atoms with Gasteiger partial charge in [0.25, 0.3) is 11.8 Å². The molecule has 4 amide bonds. The van der Waals surface area contributed by atoms with Crippen LogP contribution in [0.15, 0.2) is 22.9 Å². The van der Waals surface area contributed by atoms with E-state index in [1.54, 1.807) is 17.2 Å². The minimum atomic E-state index is -0.867. The Morgan fingerprint density at radius 3 is 2.50 bits per heavy atom. The minimum absolute atomic E-state index is 0.115. The van der Waals surface area contributed by atoms with Crippen LogP contribution in [0, 0.1) is 0 Å². The standard InChI is InChI=1S/C16H19BrN4O3/c1-10(2)21-14(23)16(19-15(21)24)3-5-20(6-4-16)13(22)11-7-12(17)9-18-8-11/h7-10H,3-6H2,1-2H3,(H,19,24). The largest absolute Gasteiger partial charge is 0.338 e. The molecule has 0 saturated carbocycles. The van der Waals surface area contributed by atoms with Crippen molar-refractivity contribution >= 4 is 33.8 Å². The second kappa shape index (κ2) is 6.16. The first-order chi connectivity index (χ1) is 11.3. The van der Waals surface area contributed by atoms with E-state index in [4.69, 9.17) is 0 Å². The van der Waals surface area contributed by atoms with Crippen LogP contribution >= 0.6 is 15.9 Å². The normalized spacial score (nSPS) is 20.0. The highest BCUT2D eigenvalue weighted by molar-refractivity contribution is 9.10. The Bertz CT molecular complexity index is 698. The lowest BCUT2D eigenvalue weighted by atomic mass is 9.87. The molecule has 7 nitrogen and oxygen atoms in total. The van der Waals surface area contributed by atoms with Crippen LogP contribution in [-0.2, 0) is 4.79 Å². The number of nitrogens with zero attached hydrogens (tertiary/aromatic N) is 3. The summed E-state index contributed by atoms with van der Waals surface area (Å²) in [6, 6.07) is 1.21. The topological polar surface area (TPSA) is 82.6 Å². The summed E-state index contributed by atoms with van der Waals surface area (Å²) >= 11 is 3.31. The molecule has 0 radical (unpaired) electrons. The van der Waals surface area contributed by atoms with Crippen molar-refractivity contribution in [2.75, 3.05) is 13.1 Å². The van der Waals surface area contributed by atoms with Crippen LogP contribution in [0.1, 0.15) is 37.0 Å². The first kappa shape index (κ1) is 16.9. The maximum absolute atomic E-state index is 12.6. The first-order valence-corrected chi connectivity index (χ1v) is 8.69. The number of halogens is 1. The molecule has 3 rings (SSSR count). The number of urea groups is 1. The van der Waals surface area contributed by atoms with E-state index in [9.17, 15) is 14.4 Å². The van der Waals surface area contributed by atoms with Crippen molar-refractivity contribution in [3.63, 3.8) is 0 Å². The number of carbonyl (C=O) groups is 3. The van der Waals surface area contributed by atoms with Crippen molar-refractivity contribution in [3.8, 4) is 0 Å². The van der Waals surface area contributed by atoms with Crippen molar-refractivity contribution < 1.29 is 14.4 Å². The van der Waals surface area contributed by atoms with Gasteiger partial charge in [-0.3, -0.25) is 19.5 Å². The predicted molar refractivity (Wildman–Crippen MR) is 90.3 cm³/mol. The van der Waals surface area contributed by atoms with Crippen molar-refractivity contribution in [2.45, 2.75) is 38.3 Å². The van der Waals surface area contributed by atoms with Crippen LogP contribution in [0.3, 0.4) is 0 Å². The minimum Gasteiger partial charge on any atom is -0.338 e. The molecule has 1 N–H and O–H groups in total. The van der Waals surface area contributed by atoms with E-state index in [2.05, 4.69) is 26.2 Å². The van der Waals surface area contributed by atoms with Gasteiger partial charge in [-0.05, 0) is 48.7 Å². The molecule has 0 atom stereocenters. The van der Waals surface area contributed by atoms with Crippen LogP contribution in [-0.4, -0.2) is 57.3 Å². The monoisotopic (exact) mass is 394 g/mol. The van der Waals surface area contributed by atoms with Crippen molar-refractivity contribution in [1.82, 2.24) is 20.1 Å². The highest BCUT2D eigenvalue weighted by Gasteiger charge is 2.53. The molecule has 0 unspecified atom stereocenters. The van der Waals surface area contributed by atoms with Crippen molar-refractivity contribution in [2.24, 2.45) is 0 Å². The van der Waals surface area contributed by atoms with Crippen LogP contribution in [0.5, 0.6) is 0 Å². The van der Waals surface area contributed by atoms with Gasteiger partial charge in [-0.15, -0.1) is 0 Å². The van der Waals surface area contributed by atoms with Gasteiger partial charge in [0.05, 0.1) is 5.56 Å². The Balaban J connectivity index is 1.71. The van der Waals surface area contributed by atoms with Crippen molar-refractivity contribution in [1.29, 1.82) is 0 Å². The molecule has 128 valence electrons. The zero-order valence-electron chi connectivity index (χ0n) is 13.6. The van der Waals surface area contributed by atoms with E-state index in [0.29, 0.717) is 31.5 Å². The Kier molecular flexibility index (Phi) is 4.33. The van der Waals surface area contributed by atoms with Gasteiger partial charge in [-0.1, -0.05) is 0 Å². The van der Waals surface area contributed by atoms with E-state index in [1.165, 1.54) is 11.1 Å². The van der Waals surface area contributed by atoms with Gasteiger partial charge in [-0.2, -0.15) is 0 Å². The van der Waals surface area contributed by atoms with Crippen LogP contribution < -0.4 is 5.32 Å². The summed E-state index contributed by atoms with van der Waals surface area (Å²) in [6.07, 6.45) is 4.00. The maximum atomic E-state index is 12.6. The summed E-state index contributed by atoms with van der Waals surface area (Å²) in [7, 11) is 0. The summed E-state index contributed by atoms with van der Waals surface area (Å²) in [4.78, 5) is 44.3. The molecule has 2 aliphatic heterocycles. The molecule has 1 aromatic rings.